The maximum absolute atomic E-state index is 13.5. The number of fused-ring (bicyclic) bond motifs is 2. The highest BCUT2D eigenvalue weighted by Gasteiger charge is 2.54. The van der Waals surface area contributed by atoms with Crippen molar-refractivity contribution < 1.29 is 49.0 Å². The largest absolute Gasteiger partial charge is 0.504 e. The molecule has 1 saturated heterocycles. The third-order valence-electron chi connectivity index (χ3n) is 7.83. The fourth-order valence-corrected chi connectivity index (χ4v) is 7.50. The van der Waals surface area contributed by atoms with Crippen LogP contribution in [0.1, 0.15) is 35.0 Å². The minimum absolute atomic E-state index is 0.0658. The lowest BCUT2D eigenvalue weighted by Gasteiger charge is -2.49. The zero-order valence-corrected chi connectivity index (χ0v) is 25.8. The van der Waals surface area contributed by atoms with Crippen LogP contribution in [0.5, 0.6) is 11.5 Å². The Morgan fingerprint density at radius 1 is 1.19 bits per heavy atom. The van der Waals surface area contributed by atoms with Gasteiger partial charge in [-0.15, -0.1) is 23.1 Å². The molecule has 9 N–H and O–H groups in total. The lowest BCUT2D eigenvalue weighted by molar-refractivity contribution is -0.698. The number of aromatic hydroxyl groups is 2. The highest BCUT2D eigenvalue weighted by Crippen LogP contribution is 2.40. The summed E-state index contributed by atoms with van der Waals surface area (Å²) in [7, 11) is 0. The van der Waals surface area contributed by atoms with Crippen molar-refractivity contribution in [2.45, 2.75) is 43.3 Å². The van der Waals surface area contributed by atoms with E-state index in [-0.39, 0.29) is 34.4 Å². The van der Waals surface area contributed by atoms with E-state index in [9.17, 15) is 39.6 Å². The minimum Gasteiger partial charge on any atom is -0.504 e. The van der Waals surface area contributed by atoms with Crippen molar-refractivity contribution in [3.05, 3.63) is 63.7 Å². The number of phenols is 2. The van der Waals surface area contributed by atoms with E-state index in [0.717, 1.165) is 58.9 Å². The molecule has 0 spiro atoms. The molecule has 1 unspecified atom stereocenters. The molecule has 3 aliphatic rings. The predicted molar refractivity (Wildman–Crippen MR) is 165 cm³/mol. The summed E-state index contributed by atoms with van der Waals surface area (Å²) in [6, 6.07) is 2.05. The van der Waals surface area contributed by atoms with Gasteiger partial charge in [-0.2, -0.15) is 0 Å². The Morgan fingerprint density at radius 3 is 2.66 bits per heavy atom. The molecule has 2 aromatic heterocycles. The summed E-state index contributed by atoms with van der Waals surface area (Å²) in [6.07, 6.45) is 2.21. The van der Waals surface area contributed by atoms with Crippen LogP contribution in [0.4, 0.5) is 10.9 Å². The van der Waals surface area contributed by atoms with Gasteiger partial charge in [-0.25, -0.2) is 19.1 Å². The molecule has 0 bridgehead atoms. The van der Waals surface area contributed by atoms with Gasteiger partial charge in [0, 0.05) is 28.7 Å². The maximum atomic E-state index is 13.5. The van der Waals surface area contributed by atoms with Gasteiger partial charge in [0.25, 0.3) is 18.1 Å². The van der Waals surface area contributed by atoms with Crippen LogP contribution in [0.3, 0.4) is 0 Å². The zero-order chi connectivity index (χ0) is 33.6. The number of hydrogen-bond acceptors (Lipinski definition) is 14. The zero-order valence-electron chi connectivity index (χ0n) is 24.2. The molecule has 47 heavy (non-hydrogen) atoms. The van der Waals surface area contributed by atoms with Gasteiger partial charge in [0.1, 0.15) is 35.0 Å². The number of rotatable bonds is 10. The van der Waals surface area contributed by atoms with Crippen LogP contribution in [-0.4, -0.2) is 81.9 Å². The molecule has 0 radical (unpaired) electrons. The summed E-state index contributed by atoms with van der Waals surface area (Å²) in [6.45, 7) is 0.195. The number of hydrogen-bond donors (Lipinski definition) is 7. The number of nitrogens with one attached hydrogen (secondary N) is 1. The molecule has 2 aliphatic heterocycles. The molecule has 2 amide bonds. The summed E-state index contributed by atoms with van der Waals surface area (Å²) in [5.74, 6) is -4.84. The van der Waals surface area contributed by atoms with Gasteiger partial charge in [0.2, 0.25) is 11.9 Å². The van der Waals surface area contributed by atoms with Crippen molar-refractivity contribution >= 4 is 63.5 Å². The van der Waals surface area contributed by atoms with Crippen LogP contribution in [0.25, 0.3) is 0 Å². The van der Waals surface area contributed by atoms with Crippen molar-refractivity contribution in [2.75, 3.05) is 17.2 Å². The second kappa shape index (κ2) is 12.4. The number of carbonyl (C=O) groups excluding carboxylic acids is 2. The number of thioether (sulfide) groups is 1. The second-order valence-electron chi connectivity index (χ2n) is 10.7. The Balaban J connectivity index is 1.23. The number of oxime groups is 1. The molecule has 0 saturated carbocycles. The van der Waals surface area contributed by atoms with Gasteiger partial charge >= 0.3 is 11.9 Å². The third-order valence-corrected chi connectivity index (χ3v) is 9.85. The van der Waals surface area contributed by atoms with Crippen molar-refractivity contribution in [1.82, 2.24) is 20.2 Å². The number of amides is 2. The smallest absolute Gasteiger partial charge is 0.352 e. The first kappa shape index (κ1) is 31.5. The number of carbonyl (C=O) groups is 4. The number of β-lactam (4-membered cyclic amide) rings is 1. The fourth-order valence-electron chi connectivity index (χ4n) is 5.61. The van der Waals surface area contributed by atoms with E-state index in [1.54, 1.807) is 6.33 Å². The number of phenolic OH excluding ortho intramolecular Hbond substituents is 2. The lowest BCUT2D eigenvalue weighted by atomic mass is 10.0. The standard InChI is InChI=1S/C28H26N8O9S2/c29-22-13-2-1-3-15(13)35(10-31-22)7-12-8-46-25-19(24(40)36(25)20(12)26(41)42)33-23(39)18(14-9-47-28(30)32-14)34-45-21(27(43)44)11-4-5-16(37)17(38)6-11/h4-6,9-10,19,21,25,29H,1-3,7-8H2,(H7,30,32,33,34,37,38,39,41,42,43,44)/p+1/t19-,21?,25-/m1/s1. The topological polar surface area (TPSA) is 268 Å². The molecule has 1 aromatic carbocycles. The molecule has 3 atom stereocenters. The summed E-state index contributed by atoms with van der Waals surface area (Å²) in [5.41, 5.74) is 13.3. The van der Waals surface area contributed by atoms with E-state index in [2.05, 4.69) is 20.4 Å². The van der Waals surface area contributed by atoms with Crippen molar-refractivity contribution in [2.24, 2.45) is 5.16 Å². The molecule has 1 fully saturated rings. The molecule has 4 heterocycles. The molecule has 244 valence electrons. The van der Waals surface area contributed by atoms with Crippen LogP contribution in [0, 0.1) is 0 Å². The number of benzene rings is 1. The predicted octanol–water partition coefficient (Wildman–Crippen LogP) is -0.125. The highest BCUT2D eigenvalue weighted by atomic mass is 32.2. The molecular weight excluding hydrogens is 656 g/mol. The number of anilines is 2. The first-order valence-corrected chi connectivity index (χ1v) is 15.9. The number of carboxylic acid groups (broad SMARTS) is 2. The van der Waals surface area contributed by atoms with E-state index in [1.165, 1.54) is 23.2 Å². The van der Waals surface area contributed by atoms with Crippen LogP contribution in [0.2, 0.25) is 0 Å². The summed E-state index contributed by atoms with van der Waals surface area (Å²) in [5, 5.41) is 46.2. The van der Waals surface area contributed by atoms with Crippen LogP contribution < -0.4 is 21.4 Å². The average molecular weight is 684 g/mol. The Bertz CT molecular complexity index is 1890. The maximum Gasteiger partial charge on any atom is 0.352 e. The fraction of sp³-hybridized carbons (Fsp3) is 0.286. The number of thiazole rings is 1. The quantitative estimate of drug-likeness (QED) is 0.0483. The van der Waals surface area contributed by atoms with Crippen molar-refractivity contribution in [1.29, 1.82) is 0 Å². The SMILES string of the molecule is Nc1nc(/C(=N/OC(C(=O)O)c2ccc(O)c(O)c2)C(=O)N[C@@H]2C(=O)N3C(C(=O)O)=C(C[n+]4cnc(N)c5c4CCC5)CS[C@H]23)cs1. The Hall–Kier alpha value is -5.43. The monoisotopic (exact) mass is 683 g/mol. The van der Waals surface area contributed by atoms with E-state index in [4.69, 9.17) is 16.3 Å². The van der Waals surface area contributed by atoms with Crippen LogP contribution in [-0.2, 0) is 43.4 Å². The highest BCUT2D eigenvalue weighted by molar-refractivity contribution is 8.00. The number of nitrogens with zero attached hydrogens (tertiary/aromatic N) is 5. The average Bonchev–Trinajstić information content (AvgIpc) is 3.70. The molecule has 17 nitrogen and oxygen atoms in total. The number of aromatic nitrogens is 3. The lowest BCUT2D eigenvalue weighted by Crippen LogP contribution is -2.71. The van der Waals surface area contributed by atoms with Gasteiger partial charge in [-0.05, 0) is 30.0 Å². The minimum atomic E-state index is -1.81. The Kier molecular flexibility index (Phi) is 8.32. The van der Waals surface area contributed by atoms with Gasteiger partial charge in [0.15, 0.2) is 22.3 Å². The third kappa shape index (κ3) is 5.85. The summed E-state index contributed by atoms with van der Waals surface area (Å²) >= 11 is 2.24. The molecule has 3 aromatic rings. The van der Waals surface area contributed by atoms with E-state index >= 15 is 0 Å². The normalized spacial score (nSPS) is 19.4. The van der Waals surface area contributed by atoms with E-state index < -0.39 is 58.5 Å². The number of nitrogen functional groups attached to an aromatic ring is 2. The van der Waals surface area contributed by atoms with Gasteiger partial charge < -0.3 is 42.0 Å². The first-order chi connectivity index (χ1) is 22.4. The van der Waals surface area contributed by atoms with Crippen molar-refractivity contribution in [3.63, 3.8) is 0 Å². The van der Waals surface area contributed by atoms with Crippen LogP contribution in [0.15, 0.2) is 46.3 Å². The molecular formula is C28H27N8O9S2+. The summed E-state index contributed by atoms with van der Waals surface area (Å²) in [4.78, 5) is 65.9. The van der Waals surface area contributed by atoms with E-state index in [1.807, 2.05) is 4.57 Å². The van der Waals surface area contributed by atoms with Crippen LogP contribution >= 0.6 is 23.1 Å². The molecule has 1 aliphatic carbocycles. The van der Waals surface area contributed by atoms with Crippen molar-refractivity contribution in [3.8, 4) is 11.5 Å². The number of carboxylic acids is 2. The second-order valence-corrected chi connectivity index (χ2v) is 12.7. The summed E-state index contributed by atoms with van der Waals surface area (Å²) < 4.78 is 1.85. The van der Waals surface area contributed by atoms with Gasteiger partial charge in [0.05, 0.1) is 5.56 Å². The Labute approximate surface area is 273 Å². The van der Waals surface area contributed by atoms with Gasteiger partial charge in [-0.3, -0.25) is 14.5 Å². The molecule has 6 rings (SSSR count). The first-order valence-electron chi connectivity index (χ1n) is 14.0. The Morgan fingerprint density at radius 2 is 1.98 bits per heavy atom. The van der Waals surface area contributed by atoms with E-state index in [0.29, 0.717) is 11.4 Å². The number of aliphatic carboxylic acids is 2. The molecule has 19 heteroatoms. The van der Waals surface area contributed by atoms with Gasteiger partial charge in [-0.1, -0.05) is 11.2 Å². The number of nitrogens with two attached hydrogens (primary N) is 2.